The van der Waals surface area contributed by atoms with Crippen LogP contribution in [-0.4, -0.2) is 10.6 Å². The number of halogens is 5. The van der Waals surface area contributed by atoms with Crippen LogP contribution in [0, 0.1) is 0 Å². The maximum absolute atomic E-state index is 11.4. The van der Waals surface area contributed by atoms with Gasteiger partial charge in [0.25, 0.3) is 6.08 Å². The van der Waals surface area contributed by atoms with E-state index in [1.54, 1.807) is 6.92 Å². The Morgan fingerprint density at radius 1 is 1.60 bits per heavy atom. The molecule has 0 aliphatic rings. The first-order valence-electron chi connectivity index (χ1n) is 2.36. The molecule has 62 valence electrons. The van der Waals surface area contributed by atoms with Crippen LogP contribution in [0.2, 0.25) is 0 Å². The van der Waals surface area contributed by atoms with Crippen LogP contribution in [0.15, 0.2) is 12.4 Å². The molecule has 0 aromatic carbocycles. The van der Waals surface area contributed by atoms with Gasteiger partial charge in [-0.3, -0.25) is 0 Å². The minimum atomic E-state index is -2.29. The molecule has 0 fully saturated rings. The van der Waals surface area contributed by atoms with E-state index in [9.17, 15) is 17.6 Å². The van der Waals surface area contributed by atoms with Crippen molar-refractivity contribution in [3.63, 3.8) is 0 Å². The van der Waals surface area contributed by atoms with Crippen LogP contribution in [0.1, 0.15) is 6.92 Å². The maximum Gasteiger partial charge on any atom is 0.298 e. The molecule has 0 radical (unpaired) electrons. The average molecular weight is 270 g/mol. The van der Waals surface area contributed by atoms with Crippen molar-refractivity contribution >= 4 is 22.6 Å². The number of rotatable bonds is 1. The highest BCUT2D eigenvalue weighted by molar-refractivity contribution is 14.1. The number of alkyl halides is 2. The van der Waals surface area contributed by atoms with E-state index in [1.807, 2.05) is 22.6 Å². The lowest BCUT2D eigenvalue weighted by Crippen LogP contribution is -1.89. The molecule has 0 spiro atoms. The van der Waals surface area contributed by atoms with E-state index < -0.39 is 18.6 Å². The van der Waals surface area contributed by atoms with Gasteiger partial charge in [-0.15, -0.1) is 0 Å². The van der Waals surface area contributed by atoms with Gasteiger partial charge in [-0.25, -0.2) is 8.78 Å². The van der Waals surface area contributed by atoms with Crippen LogP contribution in [0.4, 0.5) is 17.6 Å². The topological polar surface area (TPSA) is 0 Å². The van der Waals surface area contributed by atoms with E-state index in [2.05, 4.69) is 0 Å². The fourth-order valence-corrected chi connectivity index (χ4v) is 0. The van der Waals surface area contributed by atoms with Gasteiger partial charge in [-0.05, 0) is 6.92 Å². The van der Waals surface area contributed by atoms with Gasteiger partial charge >= 0.3 is 0 Å². The summed E-state index contributed by atoms with van der Waals surface area (Å²) in [7, 11) is 0. The lowest BCUT2D eigenvalue weighted by molar-refractivity contribution is 0.400. The van der Waals surface area contributed by atoms with Crippen molar-refractivity contribution in [1.82, 2.24) is 0 Å². The van der Waals surface area contributed by atoms with Gasteiger partial charge < -0.3 is 0 Å². The Bertz CT molecular complexity index is 87.6. The first-order chi connectivity index (χ1) is 4.54. The second-order valence-corrected chi connectivity index (χ2v) is 2.21. The molecule has 0 aliphatic carbocycles. The highest BCUT2D eigenvalue weighted by Gasteiger charge is 1.87. The first kappa shape index (κ1) is 12.8. The van der Waals surface area contributed by atoms with Crippen molar-refractivity contribution in [3.05, 3.63) is 12.4 Å². The van der Waals surface area contributed by atoms with Crippen molar-refractivity contribution in [2.45, 2.75) is 13.1 Å². The summed E-state index contributed by atoms with van der Waals surface area (Å²) in [4.78, 5) is 0. The Labute approximate surface area is 70.4 Å². The third-order valence-electron chi connectivity index (χ3n) is 0.295. The summed E-state index contributed by atoms with van der Waals surface area (Å²) in [5, 5.41) is 0. The molecule has 0 saturated carbocycles. The van der Waals surface area contributed by atoms with Gasteiger partial charge in [0.15, 0.2) is 6.33 Å². The van der Waals surface area contributed by atoms with Crippen LogP contribution in [0.25, 0.3) is 0 Å². The minimum Gasteiger partial charge on any atom is -0.247 e. The molecular formula is C5H7F4I. The average Bonchev–Trinajstić information content (AvgIpc) is 1.89. The van der Waals surface area contributed by atoms with Gasteiger partial charge in [0, 0.05) is 4.43 Å². The molecule has 0 aromatic rings. The number of hydrogen-bond donors (Lipinski definition) is 0. The van der Waals surface area contributed by atoms with Gasteiger partial charge in [-0.2, -0.15) is 8.78 Å². The van der Waals surface area contributed by atoms with Crippen molar-refractivity contribution in [2.75, 3.05) is 4.43 Å². The molecule has 0 rings (SSSR count). The van der Waals surface area contributed by atoms with Crippen LogP contribution in [-0.2, 0) is 0 Å². The zero-order valence-electron chi connectivity index (χ0n) is 5.25. The monoisotopic (exact) mass is 270 g/mol. The van der Waals surface area contributed by atoms with Crippen molar-refractivity contribution < 1.29 is 17.6 Å². The predicted molar refractivity (Wildman–Crippen MR) is 40.9 cm³/mol. The lowest BCUT2D eigenvalue weighted by Gasteiger charge is -1.84. The highest BCUT2D eigenvalue weighted by atomic mass is 127. The predicted octanol–water partition coefficient (Wildman–Crippen LogP) is 3.47. The molecule has 0 nitrogen and oxygen atoms in total. The molecular weight excluding hydrogens is 263 g/mol. The Morgan fingerprint density at radius 2 is 1.80 bits per heavy atom. The molecule has 0 heterocycles. The standard InChI is InChI=1S/C3H6FI.C2HF3/c1-3(4)2-5;3-1-2(4)5/h3H,2H2,1H3;1H. The Balaban J connectivity index is 0. The van der Waals surface area contributed by atoms with Crippen LogP contribution >= 0.6 is 22.6 Å². The largest absolute Gasteiger partial charge is 0.298 e. The molecule has 5 heteroatoms. The lowest BCUT2D eigenvalue weighted by atomic mass is 10.5. The van der Waals surface area contributed by atoms with Crippen molar-refractivity contribution in [3.8, 4) is 0 Å². The molecule has 0 saturated heterocycles. The number of hydrogen-bond acceptors (Lipinski definition) is 0. The van der Waals surface area contributed by atoms with Crippen molar-refractivity contribution in [1.29, 1.82) is 0 Å². The summed E-state index contributed by atoms with van der Waals surface area (Å²) < 4.78 is 42.7. The van der Waals surface area contributed by atoms with E-state index in [0.717, 1.165) is 0 Å². The second kappa shape index (κ2) is 9.19. The summed E-state index contributed by atoms with van der Waals surface area (Å²) in [6, 6.07) is 0. The summed E-state index contributed by atoms with van der Waals surface area (Å²) >= 11 is 2.00. The Hall–Kier alpha value is 0.190. The fourth-order valence-electron chi connectivity index (χ4n) is 0. The van der Waals surface area contributed by atoms with Crippen molar-refractivity contribution in [2.24, 2.45) is 0 Å². The SMILES string of the molecule is CC(F)CI.FC=C(F)F. The van der Waals surface area contributed by atoms with E-state index in [-0.39, 0.29) is 0 Å². The fraction of sp³-hybridized carbons (Fsp3) is 0.600. The molecule has 0 bridgehead atoms. The normalized spacial score (nSPS) is 11.0. The smallest absolute Gasteiger partial charge is 0.247 e. The minimum absolute atomic E-state index is 0.609. The van der Waals surface area contributed by atoms with E-state index in [0.29, 0.717) is 4.43 Å². The second-order valence-electron chi connectivity index (χ2n) is 1.33. The van der Waals surface area contributed by atoms with Crippen LogP contribution in [0.5, 0.6) is 0 Å². The Kier molecular flexibility index (Phi) is 11.8. The van der Waals surface area contributed by atoms with Gasteiger partial charge in [0.1, 0.15) is 6.17 Å². The third-order valence-corrected chi connectivity index (χ3v) is 1.51. The quantitative estimate of drug-likeness (QED) is 0.389. The summed E-state index contributed by atoms with van der Waals surface area (Å²) in [6.07, 6.45) is -3.67. The van der Waals surface area contributed by atoms with E-state index in [4.69, 9.17) is 0 Å². The highest BCUT2D eigenvalue weighted by Crippen LogP contribution is 1.93. The molecule has 0 N–H and O–H groups in total. The van der Waals surface area contributed by atoms with Gasteiger partial charge in [0.2, 0.25) is 0 Å². The van der Waals surface area contributed by atoms with E-state index in [1.165, 1.54) is 0 Å². The summed E-state index contributed by atoms with van der Waals surface area (Å²) in [5.41, 5.74) is 0. The molecule has 10 heavy (non-hydrogen) atoms. The first-order valence-corrected chi connectivity index (χ1v) is 3.88. The maximum atomic E-state index is 11.4. The van der Waals surface area contributed by atoms with E-state index >= 15 is 0 Å². The summed E-state index contributed by atoms with van der Waals surface area (Å²) in [6.45, 7) is 1.55. The molecule has 1 atom stereocenters. The van der Waals surface area contributed by atoms with Gasteiger partial charge in [-0.1, -0.05) is 22.6 Å². The zero-order valence-corrected chi connectivity index (χ0v) is 7.41. The third kappa shape index (κ3) is 24.1. The van der Waals surface area contributed by atoms with Crippen LogP contribution < -0.4 is 0 Å². The molecule has 1 unspecified atom stereocenters. The molecule has 0 aromatic heterocycles. The zero-order chi connectivity index (χ0) is 8.57. The molecule has 0 amide bonds. The summed E-state index contributed by atoms with van der Waals surface area (Å²) in [5.74, 6) is 0. The van der Waals surface area contributed by atoms with Gasteiger partial charge in [0.05, 0.1) is 0 Å². The molecule has 0 aliphatic heterocycles. The van der Waals surface area contributed by atoms with Crippen LogP contribution in [0.3, 0.4) is 0 Å². The Morgan fingerprint density at radius 3 is 1.80 bits per heavy atom.